The first kappa shape index (κ1) is 18.0. The van der Waals surface area contributed by atoms with Crippen molar-refractivity contribution in [3.63, 3.8) is 0 Å². The zero-order valence-electron chi connectivity index (χ0n) is 14.3. The molecule has 0 aliphatic carbocycles. The molecule has 20 heavy (non-hydrogen) atoms. The first-order chi connectivity index (χ1) is 9.72. The summed E-state index contributed by atoms with van der Waals surface area (Å²) in [6, 6.07) is 0. The summed E-state index contributed by atoms with van der Waals surface area (Å²) in [4.78, 5) is 2.70. The zero-order chi connectivity index (χ0) is 14.6. The first-order valence-corrected chi connectivity index (χ1v) is 9.15. The fourth-order valence-corrected chi connectivity index (χ4v) is 3.24. The van der Waals surface area contributed by atoms with Crippen LogP contribution in [0.3, 0.4) is 0 Å². The summed E-state index contributed by atoms with van der Waals surface area (Å²) in [6.45, 7) is 13.3. The van der Waals surface area contributed by atoms with Gasteiger partial charge in [-0.25, -0.2) is 0 Å². The van der Waals surface area contributed by atoms with Crippen molar-refractivity contribution in [1.82, 2.24) is 10.2 Å². The minimum Gasteiger partial charge on any atom is -0.316 e. The molecule has 1 aliphatic heterocycles. The molecule has 0 unspecified atom stereocenters. The van der Waals surface area contributed by atoms with Gasteiger partial charge in [0.05, 0.1) is 0 Å². The van der Waals surface area contributed by atoms with E-state index in [0.29, 0.717) is 0 Å². The van der Waals surface area contributed by atoms with Crippen molar-refractivity contribution in [3.8, 4) is 0 Å². The molecule has 0 radical (unpaired) electrons. The van der Waals surface area contributed by atoms with E-state index in [4.69, 9.17) is 0 Å². The van der Waals surface area contributed by atoms with Gasteiger partial charge in [0.25, 0.3) is 0 Å². The van der Waals surface area contributed by atoms with Gasteiger partial charge in [0.15, 0.2) is 0 Å². The van der Waals surface area contributed by atoms with Gasteiger partial charge in [-0.1, -0.05) is 46.5 Å². The third kappa shape index (κ3) is 8.97. The van der Waals surface area contributed by atoms with Crippen molar-refractivity contribution in [2.75, 3.05) is 32.7 Å². The molecule has 0 saturated carbocycles. The van der Waals surface area contributed by atoms with Crippen LogP contribution in [-0.2, 0) is 0 Å². The molecule has 1 fully saturated rings. The van der Waals surface area contributed by atoms with Crippen LogP contribution in [0.5, 0.6) is 0 Å². The Balaban J connectivity index is 1.85. The maximum atomic E-state index is 3.53. The van der Waals surface area contributed by atoms with Gasteiger partial charge in [0, 0.05) is 0 Å². The highest BCUT2D eigenvalue weighted by Crippen LogP contribution is 2.21. The molecule has 0 spiro atoms. The summed E-state index contributed by atoms with van der Waals surface area (Å²) in [6.07, 6.45) is 11.3. The molecule has 1 aliphatic rings. The van der Waals surface area contributed by atoms with Gasteiger partial charge in [-0.15, -0.1) is 0 Å². The lowest BCUT2D eigenvalue weighted by atomic mass is 9.92. The van der Waals surface area contributed by atoms with E-state index in [9.17, 15) is 0 Å². The van der Waals surface area contributed by atoms with E-state index in [0.717, 1.165) is 11.8 Å². The fourth-order valence-electron chi connectivity index (χ4n) is 3.24. The zero-order valence-corrected chi connectivity index (χ0v) is 14.3. The summed E-state index contributed by atoms with van der Waals surface area (Å²) in [5.41, 5.74) is 0. The molecule has 1 saturated heterocycles. The van der Waals surface area contributed by atoms with Crippen LogP contribution in [0.25, 0.3) is 0 Å². The van der Waals surface area contributed by atoms with Crippen LogP contribution in [0, 0.1) is 11.8 Å². The molecule has 0 aromatic carbocycles. The predicted molar refractivity (Wildman–Crippen MR) is 90.2 cm³/mol. The molecule has 0 amide bonds. The van der Waals surface area contributed by atoms with Gasteiger partial charge in [-0.2, -0.15) is 0 Å². The predicted octanol–water partition coefficient (Wildman–Crippen LogP) is 4.30. The summed E-state index contributed by atoms with van der Waals surface area (Å²) >= 11 is 0. The van der Waals surface area contributed by atoms with Crippen LogP contribution in [0.4, 0.5) is 0 Å². The second-order valence-corrected chi connectivity index (χ2v) is 7.09. The molecule has 2 heteroatoms. The smallest absolute Gasteiger partial charge is 0.00161 e. The van der Waals surface area contributed by atoms with Crippen molar-refractivity contribution in [1.29, 1.82) is 0 Å². The van der Waals surface area contributed by atoms with E-state index < -0.39 is 0 Å². The quantitative estimate of drug-likeness (QED) is 0.568. The number of piperidine rings is 1. The highest BCUT2D eigenvalue weighted by atomic mass is 15.1. The molecule has 0 aromatic heterocycles. The van der Waals surface area contributed by atoms with Crippen molar-refractivity contribution in [3.05, 3.63) is 0 Å². The highest BCUT2D eigenvalue weighted by molar-refractivity contribution is 4.71. The minimum atomic E-state index is 0.783. The van der Waals surface area contributed by atoms with Crippen molar-refractivity contribution < 1.29 is 0 Å². The van der Waals surface area contributed by atoms with E-state index in [-0.39, 0.29) is 0 Å². The average molecular weight is 283 g/mol. The van der Waals surface area contributed by atoms with Crippen LogP contribution >= 0.6 is 0 Å². The van der Waals surface area contributed by atoms with Crippen LogP contribution in [-0.4, -0.2) is 37.6 Å². The molecule has 1 heterocycles. The number of hydrogen-bond acceptors (Lipinski definition) is 2. The summed E-state index contributed by atoms with van der Waals surface area (Å²) in [5.74, 6) is 1.81. The minimum absolute atomic E-state index is 0.783. The Morgan fingerprint density at radius 1 is 1.05 bits per heavy atom. The molecule has 2 nitrogen and oxygen atoms in total. The van der Waals surface area contributed by atoms with Gasteiger partial charge < -0.3 is 10.2 Å². The van der Waals surface area contributed by atoms with E-state index in [1.54, 1.807) is 0 Å². The lowest BCUT2D eigenvalue weighted by Gasteiger charge is -2.31. The molecular formula is C18H38N2. The summed E-state index contributed by atoms with van der Waals surface area (Å²) in [5, 5.41) is 3.53. The molecule has 0 bridgehead atoms. The van der Waals surface area contributed by atoms with Gasteiger partial charge in [0.1, 0.15) is 0 Å². The second kappa shape index (κ2) is 11.6. The van der Waals surface area contributed by atoms with Crippen molar-refractivity contribution >= 4 is 0 Å². The number of likely N-dealkylation sites (tertiary alicyclic amines) is 1. The normalized spacial score (nSPS) is 18.0. The number of nitrogens with one attached hydrogen (secondary N) is 1. The Kier molecular flexibility index (Phi) is 10.4. The Morgan fingerprint density at radius 2 is 1.75 bits per heavy atom. The van der Waals surface area contributed by atoms with E-state index in [2.05, 4.69) is 31.0 Å². The monoisotopic (exact) mass is 282 g/mol. The topological polar surface area (TPSA) is 15.3 Å². The lowest BCUT2D eigenvalue weighted by Crippen LogP contribution is -2.34. The van der Waals surface area contributed by atoms with Crippen molar-refractivity contribution in [2.24, 2.45) is 11.8 Å². The van der Waals surface area contributed by atoms with E-state index in [1.165, 1.54) is 84.1 Å². The average Bonchev–Trinajstić information content (AvgIpc) is 2.43. The number of nitrogens with zero attached hydrogens (tertiary/aromatic N) is 1. The van der Waals surface area contributed by atoms with Gasteiger partial charge in [0.2, 0.25) is 0 Å². The largest absolute Gasteiger partial charge is 0.316 e. The first-order valence-electron chi connectivity index (χ1n) is 9.15. The standard InChI is InChI=1S/C18H38N2/c1-4-9-18-10-14-20(15-11-18)13-8-6-5-7-12-19-16-17(2)3/h17-19H,4-16H2,1-3H3. The molecule has 1 rings (SSSR count). The molecule has 120 valence electrons. The fraction of sp³-hybridized carbons (Fsp3) is 1.00. The number of unbranched alkanes of at least 4 members (excludes halogenated alkanes) is 3. The van der Waals surface area contributed by atoms with Crippen LogP contribution in [0.15, 0.2) is 0 Å². The molecular weight excluding hydrogens is 244 g/mol. The van der Waals surface area contributed by atoms with Gasteiger partial charge >= 0.3 is 0 Å². The van der Waals surface area contributed by atoms with Crippen molar-refractivity contribution in [2.45, 2.75) is 72.1 Å². The molecule has 0 atom stereocenters. The maximum Gasteiger partial charge on any atom is -0.00161 e. The summed E-state index contributed by atoms with van der Waals surface area (Å²) in [7, 11) is 0. The van der Waals surface area contributed by atoms with E-state index in [1.807, 2.05) is 0 Å². The summed E-state index contributed by atoms with van der Waals surface area (Å²) < 4.78 is 0. The van der Waals surface area contributed by atoms with E-state index >= 15 is 0 Å². The number of rotatable bonds is 11. The van der Waals surface area contributed by atoms with Gasteiger partial charge in [-0.3, -0.25) is 0 Å². The Morgan fingerprint density at radius 3 is 2.40 bits per heavy atom. The Labute approximate surface area is 127 Å². The van der Waals surface area contributed by atoms with Crippen LogP contribution < -0.4 is 5.32 Å². The van der Waals surface area contributed by atoms with Gasteiger partial charge in [-0.05, 0) is 70.2 Å². The highest BCUT2D eigenvalue weighted by Gasteiger charge is 2.17. The second-order valence-electron chi connectivity index (χ2n) is 7.09. The third-order valence-corrected chi connectivity index (χ3v) is 4.53. The molecule has 0 aromatic rings. The lowest BCUT2D eigenvalue weighted by molar-refractivity contribution is 0.175. The van der Waals surface area contributed by atoms with Crippen LogP contribution in [0.2, 0.25) is 0 Å². The molecule has 1 N–H and O–H groups in total. The Bertz CT molecular complexity index is 207. The maximum absolute atomic E-state index is 3.53. The van der Waals surface area contributed by atoms with Crippen LogP contribution in [0.1, 0.15) is 72.1 Å². The Hall–Kier alpha value is -0.0800. The number of hydrogen-bond donors (Lipinski definition) is 1. The third-order valence-electron chi connectivity index (χ3n) is 4.53. The SMILES string of the molecule is CCCC1CCN(CCCCCCNCC(C)C)CC1.